The Hall–Kier alpha value is -1.15. The molecule has 0 aromatic heterocycles. The van der Waals surface area contributed by atoms with Gasteiger partial charge >= 0.3 is 0 Å². The van der Waals surface area contributed by atoms with Gasteiger partial charge in [0.25, 0.3) is 0 Å². The quantitative estimate of drug-likeness (QED) is 0.721. The van der Waals surface area contributed by atoms with E-state index in [1.807, 2.05) is 18.2 Å². The minimum Gasteiger partial charge on any atom is -0.393 e. The first-order valence-corrected chi connectivity index (χ1v) is 4.92. The van der Waals surface area contributed by atoms with E-state index >= 15 is 0 Å². The van der Waals surface area contributed by atoms with E-state index in [9.17, 15) is 9.90 Å². The molecule has 0 heterocycles. The van der Waals surface area contributed by atoms with Crippen LogP contribution in [-0.2, 0) is 17.6 Å². The van der Waals surface area contributed by atoms with Crippen molar-refractivity contribution in [1.82, 2.24) is 0 Å². The van der Waals surface area contributed by atoms with E-state index < -0.39 is 0 Å². The molecule has 0 aliphatic rings. The van der Waals surface area contributed by atoms with Crippen LogP contribution in [0.3, 0.4) is 0 Å². The second kappa shape index (κ2) is 5.55. The van der Waals surface area contributed by atoms with Crippen LogP contribution in [0.25, 0.3) is 0 Å². The van der Waals surface area contributed by atoms with Crippen molar-refractivity contribution in [3.05, 3.63) is 35.4 Å². The van der Waals surface area contributed by atoms with Gasteiger partial charge in [0.15, 0.2) is 0 Å². The lowest BCUT2D eigenvalue weighted by atomic mass is 10.0. The van der Waals surface area contributed by atoms with Gasteiger partial charge in [0.05, 0.1) is 6.10 Å². The number of carbonyl (C=O) groups is 1. The number of carbonyl (C=O) groups excluding carboxylic acids is 1. The van der Waals surface area contributed by atoms with Gasteiger partial charge in [-0.2, -0.15) is 0 Å². The molecule has 1 rings (SSSR count). The third-order valence-corrected chi connectivity index (χ3v) is 2.07. The van der Waals surface area contributed by atoms with Crippen LogP contribution < -0.4 is 0 Å². The molecule has 1 aromatic carbocycles. The van der Waals surface area contributed by atoms with Gasteiger partial charge in [0.2, 0.25) is 0 Å². The van der Waals surface area contributed by atoms with Gasteiger partial charge < -0.3 is 9.90 Å². The van der Waals surface area contributed by atoms with Crippen molar-refractivity contribution in [3.8, 4) is 0 Å². The number of aryl methyl sites for hydroxylation is 1. The second-order valence-corrected chi connectivity index (χ2v) is 3.58. The first kappa shape index (κ1) is 10.9. The smallest absolute Gasteiger partial charge is 0.120 e. The third kappa shape index (κ3) is 3.71. The largest absolute Gasteiger partial charge is 0.393 e. The van der Waals surface area contributed by atoms with E-state index in [1.165, 1.54) is 0 Å². The van der Waals surface area contributed by atoms with Crippen molar-refractivity contribution in [1.29, 1.82) is 0 Å². The standard InChI is InChI=1S/C12H16O2/c1-10(14)8-12-5-2-4-11(9-12)6-3-7-13/h2,4-5,7,9-10,14H,3,6,8H2,1H3. The fourth-order valence-corrected chi connectivity index (χ4v) is 1.48. The van der Waals surface area contributed by atoms with Gasteiger partial charge in [-0.1, -0.05) is 24.3 Å². The van der Waals surface area contributed by atoms with E-state index in [0.717, 1.165) is 23.8 Å². The predicted octanol–water partition coefficient (Wildman–Crippen LogP) is 1.74. The summed E-state index contributed by atoms with van der Waals surface area (Å²) in [5, 5.41) is 9.22. The fourth-order valence-electron chi connectivity index (χ4n) is 1.48. The second-order valence-electron chi connectivity index (χ2n) is 3.58. The first-order chi connectivity index (χ1) is 6.72. The molecule has 1 unspecified atom stereocenters. The molecule has 0 radical (unpaired) electrons. The van der Waals surface area contributed by atoms with Crippen LogP contribution in [0.5, 0.6) is 0 Å². The van der Waals surface area contributed by atoms with Gasteiger partial charge in [-0.05, 0) is 30.9 Å². The summed E-state index contributed by atoms with van der Waals surface area (Å²) >= 11 is 0. The molecular formula is C12H16O2. The number of benzene rings is 1. The third-order valence-electron chi connectivity index (χ3n) is 2.07. The van der Waals surface area contributed by atoms with Crippen LogP contribution in [0.4, 0.5) is 0 Å². The highest BCUT2D eigenvalue weighted by atomic mass is 16.3. The van der Waals surface area contributed by atoms with E-state index in [2.05, 4.69) is 6.07 Å². The predicted molar refractivity (Wildman–Crippen MR) is 56.2 cm³/mol. The maximum atomic E-state index is 10.2. The molecule has 76 valence electrons. The summed E-state index contributed by atoms with van der Waals surface area (Å²) in [5.74, 6) is 0. The van der Waals surface area contributed by atoms with Crippen molar-refractivity contribution in [2.24, 2.45) is 0 Å². The Morgan fingerprint density at radius 1 is 1.43 bits per heavy atom. The van der Waals surface area contributed by atoms with Crippen LogP contribution in [0.15, 0.2) is 24.3 Å². The van der Waals surface area contributed by atoms with Gasteiger partial charge in [0, 0.05) is 6.42 Å². The molecule has 1 atom stereocenters. The number of aldehydes is 1. The van der Waals surface area contributed by atoms with Crippen molar-refractivity contribution >= 4 is 6.29 Å². The van der Waals surface area contributed by atoms with E-state index in [-0.39, 0.29) is 6.10 Å². The topological polar surface area (TPSA) is 37.3 Å². The average Bonchev–Trinajstić information content (AvgIpc) is 2.14. The van der Waals surface area contributed by atoms with Crippen molar-refractivity contribution < 1.29 is 9.90 Å². The van der Waals surface area contributed by atoms with Crippen LogP contribution in [-0.4, -0.2) is 17.5 Å². The van der Waals surface area contributed by atoms with Crippen LogP contribution in [0.1, 0.15) is 24.5 Å². The number of hydrogen-bond donors (Lipinski definition) is 1. The van der Waals surface area contributed by atoms with Gasteiger partial charge in [-0.3, -0.25) is 0 Å². The van der Waals surface area contributed by atoms with Crippen LogP contribution in [0.2, 0.25) is 0 Å². The first-order valence-electron chi connectivity index (χ1n) is 4.92. The highest BCUT2D eigenvalue weighted by Gasteiger charge is 2.00. The summed E-state index contributed by atoms with van der Waals surface area (Å²) in [6.45, 7) is 1.78. The summed E-state index contributed by atoms with van der Waals surface area (Å²) in [4.78, 5) is 10.2. The number of aliphatic hydroxyl groups is 1. The molecule has 0 amide bonds. The van der Waals surface area contributed by atoms with Crippen LogP contribution >= 0.6 is 0 Å². The Morgan fingerprint density at radius 2 is 2.14 bits per heavy atom. The lowest BCUT2D eigenvalue weighted by Crippen LogP contribution is -2.04. The zero-order valence-electron chi connectivity index (χ0n) is 8.44. The fraction of sp³-hybridized carbons (Fsp3) is 0.417. The Balaban J connectivity index is 2.63. The highest BCUT2D eigenvalue weighted by molar-refractivity contribution is 5.50. The van der Waals surface area contributed by atoms with Gasteiger partial charge in [-0.15, -0.1) is 0 Å². The summed E-state index contributed by atoms with van der Waals surface area (Å²) in [6.07, 6.45) is 2.65. The van der Waals surface area contributed by atoms with Gasteiger partial charge in [0.1, 0.15) is 6.29 Å². The molecule has 1 aromatic rings. The summed E-state index contributed by atoms with van der Waals surface area (Å²) < 4.78 is 0. The lowest BCUT2D eigenvalue weighted by Gasteiger charge is -2.06. The number of aliphatic hydroxyl groups excluding tert-OH is 1. The number of hydrogen-bond acceptors (Lipinski definition) is 2. The molecule has 0 aliphatic heterocycles. The Bertz CT molecular complexity index is 292. The summed E-state index contributed by atoms with van der Waals surface area (Å²) in [7, 11) is 0. The zero-order chi connectivity index (χ0) is 10.4. The lowest BCUT2D eigenvalue weighted by molar-refractivity contribution is -0.107. The van der Waals surface area contributed by atoms with Gasteiger partial charge in [-0.25, -0.2) is 0 Å². The molecule has 14 heavy (non-hydrogen) atoms. The van der Waals surface area contributed by atoms with Crippen molar-refractivity contribution in [2.75, 3.05) is 0 Å². The molecule has 2 heteroatoms. The normalized spacial score (nSPS) is 12.4. The minimum absolute atomic E-state index is 0.309. The number of rotatable bonds is 5. The molecule has 0 saturated carbocycles. The van der Waals surface area contributed by atoms with E-state index in [0.29, 0.717) is 12.8 Å². The van der Waals surface area contributed by atoms with Crippen LogP contribution in [0, 0.1) is 0 Å². The molecule has 0 fully saturated rings. The van der Waals surface area contributed by atoms with Crippen molar-refractivity contribution in [3.63, 3.8) is 0 Å². The Morgan fingerprint density at radius 3 is 2.79 bits per heavy atom. The molecule has 0 aliphatic carbocycles. The summed E-state index contributed by atoms with van der Waals surface area (Å²) in [6, 6.07) is 8.03. The monoisotopic (exact) mass is 192 g/mol. The Labute approximate surface area is 84.6 Å². The van der Waals surface area contributed by atoms with E-state index in [4.69, 9.17) is 0 Å². The molecule has 2 nitrogen and oxygen atoms in total. The average molecular weight is 192 g/mol. The van der Waals surface area contributed by atoms with E-state index in [1.54, 1.807) is 6.92 Å². The molecular weight excluding hydrogens is 176 g/mol. The summed E-state index contributed by atoms with van der Waals surface area (Å²) in [5.41, 5.74) is 2.29. The molecule has 0 saturated heterocycles. The minimum atomic E-state index is -0.309. The SMILES string of the molecule is CC(O)Cc1cccc(CCC=O)c1. The Kier molecular flexibility index (Phi) is 4.33. The molecule has 1 N–H and O–H groups in total. The maximum Gasteiger partial charge on any atom is 0.120 e. The molecule has 0 spiro atoms. The van der Waals surface area contributed by atoms with Crippen molar-refractivity contribution in [2.45, 2.75) is 32.3 Å². The molecule has 0 bridgehead atoms. The maximum absolute atomic E-state index is 10.2. The highest BCUT2D eigenvalue weighted by Crippen LogP contribution is 2.09. The zero-order valence-corrected chi connectivity index (χ0v) is 8.44.